The fourth-order valence-corrected chi connectivity index (χ4v) is 2.63. The maximum absolute atomic E-state index is 10.3. The number of hydrogen-bond acceptors (Lipinski definition) is 2. The molecule has 0 spiro atoms. The number of non-ortho nitro benzene ring substituents is 1. The van der Waals surface area contributed by atoms with Crippen molar-refractivity contribution in [3.8, 4) is 0 Å². The highest BCUT2D eigenvalue weighted by Gasteiger charge is 2.07. The minimum Gasteiger partial charge on any atom is -0.258 e. The summed E-state index contributed by atoms with van der Waals surface area (Å²) in [6.45, 7) is 0. The topological polar surface area (TPSA) is 43.1 Å². The molecule has 0 N–H and O–H groups in total. The average molecular weight is 236 g/mol. The lowest BCUT2D eigenvalue weighted by atomic mass is 10.2. The Morgan fingerprint density at radius 3 is 2.23 bits per heavy atom. The highest BCUT2D eigenvalue weighted by atomic mass is 35.7. The average Bonchev–Trinajstić information content (AvgIpc) is 2.04. The number of halogens is 2. The third kappa shape index (κ3) is 3.34. The predicted molar refractivity (Wildman–Crippen MR) is 55.7 cm³/mol. The summed E-state index contributed by atoms with van der Waals surface area (Å²) in [5.41, 5.74) is 1.04. The minimum atomic E-state index is -1.66. The van der Waals surface area contributed by atoms with Crippen molar-refractivity contribution >= 4 is 35.3 Å². The van der Waals surface area contributed by atoms with Crippen LogP contribution in [0.5, 0.6) is 0 Å². The zero-order valence-electron chi connectivity index (χ0n) is 6.61. The van der Waals surface area contributed by atoms with Gasteiger partial charge in [0.25, 0.3) is 5.69 Å². The first-order valence-corrected chi connectivity index (χ1v) is 7.92. The lowest BCUT2D eigenvalue weighted by Crippen LogP contribution is -1.99. The molecule has 0 amide bonds. The van der Waals surface area contributed by atoms with Crippen LogP contribution in [-0.4, -0.2) is 12.3 Å². The van der Waals surface area contributed by atoms with Gasteiger partial charge in [-0.15, -0.1) is 22.2 Å². The van der Waals surface area contributed by atoms with Gasteiger partial charge in [-0.2, -0.15) is 0 Å². The van der Waals surface area contributed by atoms with E-state index in [1.54, 1.807) is 12.1 Å². The second-order valence-electron chi connectivity index (χ2n) is 2.52. The minimum absolute atomic E-state index is 0.0890. The SMILES string of the molecule is O=[N+]([O-])c1ccc(C[SiH](Cl)Cl)cc1. The van der Waals surface area contributed by atoms with E-state index in [9.17, 15) is 10.1 Å². The highest BCUT2D eigenvalue weighted by molar-refractivity contribution is 7.33. The summed E-state index contributed by atoms with van der Waals surface area (Å²) in [4.78, 5) is 9.87. The van der Waals surface area contributed by atoms with Gasteiger partial charge in [-0.25, -0.2) is 0 Å². The number of nitrogens with zero attached hydrogens (tertiary/aromatic N) is 1. The Labute approximate surface area is 86.4 Å². The van der Waals surface area contributed by atoms with Crippen molar-refractivity contribution in [2.45, 2.75) is 6.04 Å². The smallest absolute Gasteiger partial charge is 0.258 e. The summed E-state index contributed by atoms with van der Waals surface area (Å²) in [5, 5.41) is 10.3. The zero-order valence-corrected chi connectivity index (χ0v) is 9.28. The van der Waals surface area contributed by atoms with E-state index in [1.165, 1.54) is 12.1 Å². The molecular weight excluding hydrogens is 229 g/mol. The molecule has 70 valence electrons. The molecule has 0 aromatic heterocycles. The molecule has 0 bridgehead atoms. The van der Waals surface area contributed by atoms with E-state index in [0.29, 0.717) is 6.04 Å². The van der Waals surface area contributed by atoms with E-state index in [-0.39, 0.29) is 5.69 Å². The van der Waals surface area contributed by atoms with Gasteiger partial charge in [-0.3, -0.25) is 10.1 Å². The van der Waals surface area contributed by atoms with Gasteiger partial charge >= 0.3 is 0 Å². The molecule has 3 nitrogen and oxygen atoms in total. The van der Waals surface area contributed by atoms with Crippen LogP contribution in [0.25, 0.3) is 0 Å². The lowest BCUT2D eigenvalue weighted by Gasteiger charge is -1.98. The Bertz CT molecular complexity index is 302. The normalized spacial score (nSPS) is 10.4. The van der Waals surface area contributed by atoms with Gasteiger partial charge in [0.05, 0.1) is 4.92 Å². The van der Waals surface area contributed by atoms with Crippen LogP contribution in [0.15, 0.2) is 24.3 Å². The molecule has 1 aromatic rings. The second-order valence-corrected chi connectivity index (χ2v) is 7.54. The molecule has 0 fully saturated rings. The van der Waals surface area contributed by atoms with Crippen molar-refractivity contribution in [2.75, 3.05) is 0 Å². The Morgan fingerprint density at radius 1 is 1.31 bits per heavy atom. The molecule has 6 heteroatoms. The number of rotatable bonds is 3. The molecule has 0 radical (unpaired) electrons. The quantitative estimate of drug-likeness (QED) is 0.350. The third-order valence-corrected chi connectivity index (χ3v) is 3.24. The van der Waals surface area contributed by atoms with Crippen molar-refractivity contribution in [1.29, 1.82) is 0 Å². The molecule has 0 heterocycles. The lowest BCUT2D eigenvalue weighted by molar-refractivity contribution is -0.384. The molecule has 0 aliphatic carbocycles. The Balaban J connectivity index is 2.75. The van der Waals surface area contributed by atoms with E-state index < -0.39 is 12.3 Å². The van der Waals surface area contributed by atoms with Crippen LogP contribution in [0, 0.1) is 10.1 Å². The number of benzene rings is 1. The van der Waals surface area contributed by atoms with Crippen LogP contribution < -0.4 is 0 Å². The van der Waals surface area contributed by atoms with E-state index in [1.807, 2.05) is 0 Å². The van der Waals surface area contributed by atoms with Crippen molar-refractivity contribution in [3.05, 3.63) is 39.9 Å². The van der Waals surface area contributed by atoms with Gasteiger partial charge in [0.15, 0.2) is 0 Å². The zero-order chi connectivity index (χ0) is 9.84. The molecule has 0 saturated heterocycles. The van der Waals surface area contributed by atoms with Gasteiger partial charge < -0.3 is 0 Å². The molecule has 0 unspecified atom stereocenters. The van der Waals surface area contributed by atoms with Crippen LogP contribution in [0.2, 0.25) is 0 Å². The second kappa shape index (κ2) is 4.60. The Hall–Kier alpha value is -0.583. The summed E-state index contributed by atoms with van der Waals surface area (Å²) in [6, 6.07) is 6.92. The first-order valence-electron chi connectivity index (χ1n) is 3.61. The van der Waals surface area contributed by atoms with E-state index in [4.69, 9.17) is 22.2 Å². The fourth-order valence-electron chi connectivity index (χ4n) is 0.932. The summed E-state index contributed by atoms with van der Waals surface area (Å²) >= 11 is 11.4. The first-order chi connectivity index (χ1) is 6.09. The maximum Gasteiger partial charge on any atom is 0.269 e. The molecule has 0 aliphatic rings. The van der Waals surface area contributed by atoms with Crippen LogP contribution in [0.3, 0.4) is 0 Å². The van der Waals surface area contributed by atoms with Crippen LogP contribution in [-0.2, 0) is 6.04 Å². The fraction of sp³-hybridized carbons (Fsp3) is 0.143. The maximum atomic E-state index is 10.3. The molecular formula is C7H7Cl2NO2Si. The summed E-state index contributed by atoms with van der Waals surface area (Å²) in [5.74, 6) is 0. The monoisotopic (exact) mass is 235 g/mol. The van der Waals surface area contributed by atoms with E-state index in [2.05, 4.69) is 0 Å². The largest absolute Gasteiger partial charge is 0.269 e. The first kappa shape index (κ1) is 10.5. The summed E-state index contributed by atoms with van der Waals surface area (Å²) in [6.07, 6.45) is 0. The summed E-state index contributed by atoms with van der Waals surface area (Å²) in [7, 11) is -1.66. The number of nitro groups is 1. The Morgan fingerprint density at radius 2 is 1.85 bits per heavy atom. The molecule has 1 aromatic carbocycles. The van der Waals surface area contributed by atoms with Crippen molar-refractivity contribution < 1.29 is 4.92 Å². The van der Waals surface area contributed by atoms with Gasteiger partial charge in [0, 0.05) is 12.1 Å². The Kier molecular flexibility index (Phi) is 3.71. The van der Waals surface area contributed by atoms with Gasteiger partial charge in [0.2, 0.25) is 7.42 Å². The van der Waals surface area contributed by atoms with Crippen molar-refractivity contribution in [3.63, 3.8) is 0 Å². The summed E-state index contributed by atoms with van der Waals surface area (Å²) < 4.78 is 0. The van der Waals surface area contributed by atoms with E-state index >= 15 is 0 Å². The highest BCUT2D eigenvalue weighted by Crippen LogP contribution is 2.14. The van der Waals surface area contributed by atoms with Gasteiger partial charge in [-0.05, 0) is 11.6 Å². The van der Waals surface area contributed by atoms with Gasteiger partial charge in [0.1, 0.15) is 0 Å². The molecule has 0 aliphatic heterocycles. The van der Waals surface area contributed by atoms with Crippen LogP contribution >= 0.6 is 22.2 Å². The third-order valence-electron chi connectivity index (χ3n) is 1.54. The molecule has 0 atom stereocenters. The number of hydrogen-bond donors (Lipinski definition) is 0. The molecule has 13 heavy (non-hydrogen) atoms. The predicted octanol–water partition coefficient (Wildman–Crippen LogP) is 2.37. The number of nitro benzene ring substituents is 1. The van der Waals surface area contributed by atoms with Gasteiger partial charge in [-0.1, -0.05) is 12.1 Å². The van der Waals surface area contributed by atoms with Crippen LogP contribution in [0.4, 0.5) is 5.69 Å². The van der Waals surface area contributed by atoms with Crippen molar-refractivity contribution in [1.82, 2.24) is 0 Å². The molecule has 0 saturated carbocycles. The van der Waals surface area contributed by atoms with Crippen LogP contribution in [0.1, 0.15) is 5.56 Å². The van der Waals surface area contributed by atoms with E-state index in [0.717, 1.165) is 5.56 Å². The van der Waals surface area contributed by atoms with Crippen molar-refractivity contribution in [2.24, 2.45) is 0 Å². The molecule has 1 rings (SSSR count). The standard InChI is InChI=1S/C7H7Cl2NO2Si/c8-13(9)5-6-1-3-7(4-2-6)10(11)12/h1-4,13H,5H2.